The van der Waals surface area contributed by atoms with Crippen molar-refractivity contribution in [2.75, 3.05) is 19.7 Å². The van der Waals surface area contributed by atoms with E-state index in [1.54, 1.807) is 6.07 Å². The van der Waals surface area contributed by atoms with Gasteiger partial charge in [-0.2, -0.15) is 0 Å². The molecule has 0 saturated carbocycles. The summed E-state index contributed by atoms with van der Waals surface area (Å²) in [5, 5.41) is 9.52. The van der Waals surface area contributed by atoms with Crippen molar-refractivity contribution in [3.8, 4) is 0 Å². The predicted octanol–water partition coefficient (Wildman–Crippen LogP) is 2.68. The summed E-state index contributed by atoms with van der Waals surface area (Å²) < 4.78 is 13.1. The average Bonchev–Trinajstić information content (AvgIpc) is 2.72. The number of aliphatic hydroxyl groups is 1. The maximum Gasteiger partial charge on any atom is 0.123 e. The molecule has 0 spiro atoms. The molecule has 94 valence electrons. The number of likely N-dealkylation sites (tertiary alicyclic amines) is 1. The molecule has 0 aliphatic carbocycles. The molecule has 1 N–H and O–H groups in total. The summed E-state index contributed by atoms with van der Waals surface area (Å²) in [6, 6.07) is 4.49. The Morgan fingerprint density at radius 3 is 3.06 bits per heavy atom. The highest BCUT2D eigenvalue weighted by Crippen LogP contribution is 2.24. The maximum absolute atomic E-state index is 13.1. The van der Waals surface area contributed by atoms with E-state index in [1.165, 1.54) is 12.1 Å². The Hall–Kier alpha value is -0.640. The van der Waals surface area contributed by atoms with Crippen LogP contribution in [-0.2, 0) is 6.54 Å². The minimum absolute atomic E-state index is 0.240. The lowest BCUT2D eigenvalue weighted by Crippen LogP contribution is -2.20. The van der Waals surface area contributed by atoms with Crippen LogP contribution in [0, 0.1) is 11.7 Å². The molecule has 1 unspecified atom stereocenters. The lowest BCUT2D eigenvalue weighted by molar-refractivity contribution is 0.249. The average molecular weight is 258 g/mol. The number of nitrogens with zero attached hydrogens (tertiary/aromatic N) is 1. The van der Waals surface area contributed by atoms with Gasteiger partial charge >= 0.3 is 0 Å². The first-order valence-corrected chi connectivity index (χ1v) is 6.34. The van der Waals surface area contributed by atoms with E-state index in [-0.39, 0.29) is 12.4 Å². The van der Waals surface area contributed by atoms with Crippen LogP contribution in [-0.4, -0.2) is 29.7 Å². The van der Waals surface area contributed by atoms with E-state index in [9.17, 15) is 4.39 Å². The molecule has 1 saturated heterocycles. The van der Waals surface area contributed by atoms with E-state index in [1.807, 2.05) is 0 Å². The first-order chi connectivity index (χ1) is 8.19. The number of halogens is 2. The van der Waals surface area contributed by atoms with Gasteiger partial charge in [-0.25, -0.2) is 4.39 Å². The van der Waals surface area contributed by atoms with Crippen molar-refractivity contribution in [3.63, 3.8) is 0 Å². The van der Waals surface area contributed by atoms with Gasteiger partial charge in [0.2, 0.25) is 0 Å². The van der Waals surface area contributed by atoms with Gasteiger partial charge in [0.05, 0.1) is 0 Å². The second-order valence-electron chi connectivity index (χ2n) is 4.64. The van der Waals surface area contributed by atoms with E-state index in [0.29, 0.717) is 17.5 Å². The molecule has 0 aromatic heterocycles. The molecule has 2 rings (SSSR count). The fraction of sp³-hybridized carbons (Fsp3) is 0.538. The van der Waals surface area contributed by atoms with Crippen molar-refractivity contribution in [3.05, 3.63) is 34.6 Å². The second kappa shape index (κ2) is 5.80. The van der Waals surface area contributed by atoms with Gasteiger partial charge in [0, 0.05) is 24.7 Å². The summed E-state index contributed by atoms with van der Waals surface area (Å²) >= 11 is 6.04. The normalized spacial score (nSPS) is 21.0. The maximum atomic E-state index is 13.1. The Labute approximate surface area is 106 Å². The molecule has 1 atom stereocenters. The van der Waals surface area contributed by atoms with Crippen molar-refractivity contribution >= 4 is 11.6 Å². The summed E-state index contributed by atoms with van der Waals surface area (Å²) in [7, 11) is 0. The Bertz CT molecular complexity index is 386. The summed E-state index contributed by atoms with van der Waals surface area (Å²) in [5.41, 5.74) is 0.844. The first kappa shape index (κ1) is 12.8. The summed E-state index contributed by atoms with van der Waals surface area (Å²) in [6.07, 6.45) is 1.96. The van der Waals surface area contributed by atoms with Gasteiger partial charge in [-0.15, -0.1) is 0 Å². The third kappa shape index (κ3) is 3.41. The lowest BCUT2D eigenvalue weighted by Gasteiger charge is -2.16. The summed E-state index contributed by atoms with van der Waals surface area (Å²) in [4.78, 5) is 2.26. The molecule has 2 nitrogen and oxygen atoms in total. The predicted molar refractivity (Wildman–Crippen MR) is 66.5 cm³/mol. The Balaban J connectivity index is 1.95. The smallest absolute Gasteiger partial charge is 0.123 e. The Kier molecular flexibility index (Phi) is 4.37. The van der Waals surface area contributed by atoms with Crippen LogP contribution < -0.4 is 0 Å². The van der Waals surface area contributed by atoms with Gasteiger partial charge in [-0.1, -0.05) is 11.6 Å². The minimum atomic E-state index is -0.240. The van der Waals surface area contributed by atoms with Crippen LogP contribution in [0.5, 0.6) is 0 Å². The van der Waals surface area contributed by atoms with Gasteiger partial charge in [-0.05, 0) is 49.1 Å². The molecule has 4 heteroatoms. The fourth-order valence-corrected chi connectivity index (χ4v) is 2.56. The minimum Gasteiger partial charge on any atom is -0.396 e. The largest absolute Gasteiger partial charge is 0.396 e. The summed E-state index contributed by atoms with van der Waals surface area (Å²) in [6.45, 7) is 2.91. The van der Waals surface area contributed by atoms with Gasteiger partial charge < -0.3 is 5.11 Å². The van der Waals surface area contributed by atoms with Crippen LogP contribution in [0.4, 0.5) is 4.39 Å². The van der Waals surface area contributed by atoms with E-state index >= 15 is 0 Å². The Morgan fingerprint density at radius 2 is 2.29 bits per heavy atom. The van der Waals surface area contributed by atoms with Crippen molar-refractivity contribution in [2.45, 2.75) is 19.4 Å². The molecule has 0 radical (unpaired) electrons. The molecule has 1 heterocycles. The van der Waals surface area contributed by atoms with Crippen LogP contribution >= 0.6 is 11.6 Å². The van der Waals surface area contributed by atoms with E-state index in [2.05, 4.69) is 4.90 Å². The topological polar surface area (TPSA) is 23.5 Å². The van der Waals surface area contributed by atoms with Gasteiger partial charge in [0.15, 0.2) is 0 Å². The third-order valence-corrected chi connectivity index (χ3v) is 3.68. The van der Waals surface area contributed by atoms with Crippen molar-refractivity contribution in [2.24, 2.45) is 5.92 Å². The number of aliphatic hydroxyl groups excluding tert-OH is 1. The van der Waals surface area contributed by atoms with Crippen LogP contribution in [0.25, 0.3) is 0 Å². The molecule has 0 amide bonds. The van der Waals surface area contributed by atoms with E-state index < -0.39 is 0 Å². The molecule has 0 bridgehead atoms. The third-order valence-electron chi connectivity index (χ3n) is 3.31. The zero-order chi connectivity index (χ0) is 12.3. The van der Waals surface area contributed by atoms with Crippen molar-refractivity contribution in [1.82, 2.24) is 4.90 Å². The summed E-state index contributed by atoms with van der Waals surface area (Å²) in [5.74, 6) is 0.322. The zero-order valence-corrected chi connectivity index (χ0v) is 10.5. The highest BCUT2D eigenvalue weighted by molar-refractivity contribution is 6.31. The quantitative estimate of drug-likeness (QED) is 0.897. The van der Waals surface area contributed by atoms with Crippen molar-refractivity contribution < 1.29 is 9.50 Å². The Morgan fingerprint density at radius 1 is 1.47 bits per heavy atom. The molecular formula is C13H17ClFNO. The lowest BCUT2D eigenvalue weighted by atomic mass is 10.1. The van der Waals surface area contributed by atoms with Crippen molar-refractivity contribution in [1.29, 1.82) is 0 Å². The monoisotopic (exact) mass is 257 g/mol. The fourth-order valence-electron chi connectivity index (χ4n) is 2.38. The molecule has 1 aliphatic rings. The van der Waals surface area contributed by atoms with E-state index in [0.717, 1.165) is 31.5 Å². The van der Waals surface area contributed by atoms with Crippen LogP contribution in [0.2, 0.25) is 5.02 Å². The zero-order valence-electron chi connectivity index (χ0n) is 9.70. The molecule has 1 aliphatic heterocycles. The SMILES string of the molecule is OCCC1CCN(Cc2cc(F)ccc2Cl)C1. The van der Waals surface area contributed by atoms with Crippen LogP contribution in [0.1, 0.15) is 18.4 Å². The highest BCUT2D eigenvalue weighted by atomic mass is 35.5. The number of hydrogen-bond acceptors (Lipinski definition) is 2. The molecule has 17 heavy (non-hydrogen) atoms. The standard InChI is InChI=1S/C13H17ClFNO/c14-13-2-1-12(15)7-11(13)9-16-5-3-10(8-16)4-6-17/h1-2,7,10,17H,3-6,8-9H2. The van der Waals surface area contributed by atoms with Gasteiger partial charge in [0.25, 0.3) is 0 Å². The number of hydrogen-bond donors (Lipinski definition) is 1. The molecule has 1 aromatic carbocycles. The van der Waals surface area contributed by atoms with Crippen LogP contribution in [0.15, 0.2) is 18.2 Å². The molecule has 1 fully saturated rings. The molecular weight excluding hydrogens is 241 g/mol. The number of rotatable bonds is 4. The van der Waals surface area contributed by atoms with Gasteiger partial charge in [0.1, 0.15) is 5.82 Å². The second-order valence-corrected chi connectivity index (χ2v) is 5.05. The number of benzene rings is 1. The highest BCUT2D eigenvalue weighted by Gasteiger charge is 2.22. The van der Waals surface area contributed by atoms with E-state index in [4.69, 9.17) is 16.7 Å². The first-order valence-electron chi connectivity index (χ1n) is 5.96. The van der Waals surface area contributed by atoms with Gasteiger partial charge in [-0.3, -0.25) is 4.90 Å². The van der Waals surface area contributed by atoms with Crippen LogP contribution in [0.3, 0.4) is 0 Å². The molecule has 1 aromatic rings.